The van der Waals surface area contributed by atoms with E-state index < -0.39 is 0 Å². The van der Waals surface area contributed by atoms with Crippen molar-refractivity contribution in [1.82, 2.24) is 4.90 Å². The van der Waals surface area contributed by atoms with Crippen molar-refractivity contribution in [2.75, 3.05) is 20.3 Å². The fraction of sp³-hybridized carbons (Fsp3) is 0.412. The number of para-hydroxylation sites is 1. The van der Waals surface area contributed by atoms with Gasteiger partial charge in [0.25, 0.3) is 0 Å². The maximum absolute atomic E-state index is 12.2. The number of amides is 1. The molecule has 0 aromatic heterocycles. The highest BCUT2D eigenvalue weighted by atomic mass is 16.5. The molecule has 1 heterocycles. The van der Waals surface area contributed by atoms with Crippen LogP contribution in [0.5, 0.6) is 5.75 Å². The fourth-order valence-electron chi connectivity index (χ4n) is 2.70. The highest BCUT2D eigenvalue weighted by Crippen LogP contribution is 2.26. The monoisotopic (exact) mass is 300 g/mol. The standard InChI is InChI=1S/C17H20N2O3/c1-3-16(20)19(15-8-5-9-22-12-15)11-14-7-4-6-13(10-18)17(14)21-2/h3-4,6-7,15H,1,5,8-9,11-12H2,2H3/t15-/m0/s1. The summed E-state index contributed by atoms with van der Waals surface area (Å²) in [4.78, 5) is 14.0. The average Bonchev–Trinajstić information content (AvgIpc) is 2.59. The first-order valence-electron chi connectivity index (χ1n) is 7.28. The minimum atomic E-state index is -0.139. The number of rotatable bonds is 5. The van der Waals surface area contributed by atoms with Gasteiger partial charge < -0.3 is 14.4 Å². The van der Waals surface area contributed by atoms with E-state index in [9.17, 15) is 4.79 Å². The molecule has 5 heteroatoms. The van der Waals surface area contributed by atoms with Crippen molar-refractivity contribution in [3.63, 3.8) is 0 Å². The highest BCUT2D eigenvalue weighted by molar-refractivity contribution is 5.87. The van der Waals surface area contributed by atoms with Gasteiger partial charge in [0.15, 0.2) is 0 Å². The van der Waals surface area contributed by atoms with Crippen LogP contribution < -0.4 is 4.74 Å². The van der Waals surface area contributed by atoms with Crippen molar-refractivity contribution in [3.8, 4) is 11.8 Å². The van der Waals surface area contributed by atoms with Gasteiger partial charge in [-0.05, 0) is 25.0 Å². The van der Waals surface area contributed by atoms with E-state index in [2.05, 4.69) is 12.6 Å². The van der Waals surface area contributed by atoms with Crippen LogP contribution in [-0.2, 0) is 16.1 Å². The van der Waals surface area contributed by atoms with E-state index in [1.54, 1.807) is 17.0 Å². The lowest BCUT2D eigenvalue weighted by Gasteiger charge is -2.34. The molecule has 0 saturated carbocycles. The third-order valence-corrected chi connectivity index (χ3v) is 3.80. The summed E-state index contributed by atoms with van der Waals surface area (Å²) in [5.41, 5.74) is 1.27. The van der Waals surface area contributed by atoms with Crippen molar-refractivity contribution in [1.29, 1.82) is 5.26 Å². The van der Waals surface area contributed by atoms with Crippen molar-refractivity contribution >= 4 is 5.91 Å². The van der Waals surface area contributed by atoms with E-state index in [1.165, 1.54) is 13.2 Å². The average molecular weight is 300 g/mol. The molecule has 1 aromatic rings. The minimum absolute atomic E-state index is 0.0229. The van der Waals surface area contributed by atoms with Gasteiger partial charge in [-0.1, -0.05) is 18.7 Å². The normalized spacial score (nSPS) is 17.4. The van der Waals surface area contributed by atoms with Crippen LogP contribution in [0.15, 0.2) is 30.9 Å². The number of nitrogens with zero attached hydrogens (tertiary/aromatic N) is 2. The largest absolute Gasteiger partial charge is 0.495 e. The maximum Gasteiger partial charge on any atom is 0.246 e. The number of carbonyl (C=O) groups is 1. The lowest BCUT2D eigenvalue weighted by atomic mass is 10.0. The Hall–Kier alpha value is -2.32. The summed E-state index contributed by atoms with van der Waals surface area (Å²) in [7, 11) is 1.53. The van der Waals surface area contributed by atoms with E-state index in [0.717, 1.165) is 25.0 Å². The first-order valence-corrected chi connectivity index (χ1v) is 7.28. The van der Waals surface area contributed by atoms with Gasteiger partial charge in [-0.15, -0.1) is 0 Å². The van der Waals surface area contributed by atoms with E-state index in [0.29, 0.717) is 24.5 Å². The lowest BCUT2D eigenvalue weighted by Crippen LogP contribution is -2.43. The summed E-state index contributed by atoms with van der Waals surface area (Å²) in [6.07, 6.45) is 3.15. The van der Waals surface area contributed by atoms with Crippen LogP contribution in [0.2, 0.25) is 0 Å². The Morgan fingerprint density at radius 2 is 2.45 bits per heavy atom. The molecule has 0 bridgehead atoms. The predicted molar refractivity (Wildman–Crippen MR) is 82.3 cm³/mol. The second-order valence-corrected chi connectivity index (χ2v) is 5.15. The molecule has 0 spiro atoms. The van der Waals surface area contributed by atoms with E-state index in [4.69, 9.17) is 14.7 Å². The highest BCUT2D eigenvalue weighted by Gasteiger charge is 2.26. The zero-order chi connectivity index (χ0) is 15.9. The smallest absolute Gasteiger partial charge is 0.246 e. The van der Waals surface area contributed by atoms with E-state index >= 15 is 0 Å². The van der Waals surface area contributed by atoms with Crippen molar-refractivity contribution in [2.45, 2.75) is 25.4 Å². The molecule has 1 saturated heterocycles. The van der Waals surface area contributed by atoms with Gasteiger partial charge in [0.05, 0.1) is 31.9 Å². The molecule has 0 aliphatic carbocycles. The van der Waals surface area contributed by atoms with Crippen molar-refractivity contribution < 1.29 is 14.3 Å². The SMILES string of the molecule is C=CC(=O)N(Cc1cccc(C#N)c1OC)[C@H]1CCCOC1. The zero-order valence-corrected chi connectivity index (χ0v) is 12.7. The Labute approximate surface area is 130 Å². The molecular weight excluding hydrogens is 280 g/mol. The van der Waals surface area contributed by atoms with Gasteiger partial charge in [0, 0.05) is 12.2 Å². The van der Waals surface area contributed by atoms with Crippen molar-refractivity contribution in [3.05, 3.63) is 42.0 Å². The Kier molecular flexibility index (Phi) is 5.56. The molecular formula is C17H20N2O3. The third kappa shape index (κ3) is 3.46. The first kappa shape index (κ1) is 16.1. The van der Waals surface area contributed by atoms with Crippen LogP contribution in [0.3, 0.4) is 0 Å². The molecule has 1 atom stereocenters. The minimum Gasteiger partial charge on any atom is -0.495 e. The second-order valence-electron chi connectivity index (χ2n) is 5.15. The molecule has 5 nitrogen and oxygen atoms in total. The molecule has 1 aromatic carbocycles. The Morgan fingerprint density at radius 1 is 1.64 bits per heavy atom. The molecule has 0 unspecified atom stereocenters. The maximum atomic E-state index is 12.2. The topological polar surface area (TPSA) is 62.6 Å². The van der Waals surface area contributed by atoms with Gasteiger partial charge in [0.1, 0.15) is 11.8 Å². The number of hydrogen-bond donors (Lipinski definition) is 0. The second kappa shape index (κ2) is 7.62. The molecule has 116 valence electrons. The van der Waals surface area contributed by atoms with Crippen molar-refractivity contribution in [2.24, 2.45) is 0 Å². The van der Waals surface area contributed by atoms with Gasteiger partial charge in [-0.2, -0.15) is 5.26 Å². The van der Waals surface area contributed by atoms with Gasteiger partial charge >= 0.3 is 0 Å². The molecule has 1 aliphatic heterocycles. The summed E-state index contributed by atoms with van der Waals surface area (Å²) in [6.45, 7) is 5.21. The van der Waals surface area contributed by atoms with Crippen LogP contribution in [0.4, 0.5) is 0 Å². The Balaban J connectivity index is 2.29. The molecule has 0 radical (unpaired) electrons. The number of methoxy groups -OCH3 is 1. The van der Waals surface area contributed by atoms with Crippen LogP contribution in [0.25, 0.3) is 0 Å². The fourth-order valence-corrected chi connectivity index (χ4v) is 2.70. The molecule has 22 heavy (non-hydrogen) atoms. The van der Waals surface area contributed by atoms with Crippen LogP contribution in [-0.4, -0.2) is 37.2 Å². The molecule has 0 N–H and O–H groups in total. The van der Waals surface area contributed by atoms with Crippen LogP contribution in [0, 0.1) is 11.3 Å². The molecule has 1 fully saturated rings. The molecule has 1 aliphatic rings. The quantitative estimate of drug-likeness (QED) is 0.783. The van der Waals surface area contributed by atoms with Gasteiger partial charge in [-0.25, -0.2) is 0 Å². The summed E-state index contributed by atoms with van der Waals surface area (Å²) in [5.74, 6) is 0.378. The van der Waals surface area contributed by atoms with E-state index in [1.807, 2.05) is 6.07 Å². The van der Waals surface area contributed by atoms with Gasteiger partial charge in [0.2, 0.25) is 5.91 Å². The summed E-state index contributed by atoms with van der Waals surface area (Å²) >= 11 is 0. The Bertz CT molecular complexity index is 586. The number of hydrogen-bond acceptors (Lipinski definition) is 4. The van der Waals surface area contributed by atoms with Gasteiger partial charge in [-0.3, -0.25) is 4.79 Å². The van der Waals surface area contributed by atoms with E-state index in [-0.39, 0.29) is 11.9 Å². The zero-order valence-electron chi connectivity index (χ0n) is 12.7. The number of carbonyl (C=O) groups excluding carboxylic acids is 1. The summed E-state index contributed by atoms with van der Waals surface area (Å²) in [5, 5.41) is 9.17. The summed E-state index contributed by atoms with van der Waals surface area (Å²) in [6, 6.07) is 7.50. The first-order chi connectivity index (χ1) is 10.7. The predicted octanol–water partition coefficient (Wildman–Crippen LogP) is 2.26. The summed E-state index contributed by atoms with van der Waals surface area (Å²) < 4.78 is 10.8. The molecule has 1 amide bonds. The lowest BCUT2D eigenvalue weighted by molar-refractivity contribution is -0.131. The number of ether oxygens (including phenoxy) is 2. The van der Waals surface area contributed by atoms with Crippen LogP contribution in [0.1, 0.15) is 24.0 Å². The van der Waals surface area contributed by atoms with Crippen LogP contribution >= 0.6 is 0 Å². The molecule has 2 rings (SSSR count). The number of benzene rings is 1. The Morgan fingerprint density at radius 3 is 3.05 bits per heavy atom. The number of nitriles is 1. The third-order valence-electron chi connectivity index (χ3n) is 3.80.